The van der Waals surface area contributed by atoms with Gasteiger partial charge in [0.1, 0.15) is 0 Å². The highest BCUT2D eigenvalue weighted by molar-refractivity contribution is 7.99. The number of rotatable bonds is 3. The molecule has 1 saturated carbocycles. The van der Waals surface area contributed by atoms with Crippen LogP contribution in [0.15, 0.2) is 0 Å². The minimum Gasteiger partial charge on any atom is -0.310 e. The lowest BCUT2D eigenvalue weighted by Crippen LogP contribution is -2.53. The lowest BCUT2D eigenvalue weighted by atomic mass is 9.78. The average molecular weight is 255 g/mol. The van der Waals surface area contributed by atoms with Gasteiger partial charge in [0, 0.05) is 17.8 Å². The van der Waals surface area contributed by atoms with E-state index in [1.165, 1.54) is 50.0 Å². The maximum atomic E-state index is 4.03. The van der Waals surface area contributed by atoms with E-state index in [1.807, 2.05) is 0 Å². The van der Waals surface area contributed by atoms with Gasteiger partial charge in [0.15, 0.2) is 0 Å². The molecule has 1 N–H and O–H groups in total. The minimum absolute atomic E-state index is 0.501. The second kappa shape index (κ2) is 5.97. The molecule has 17 heavy (non-hydrogen) atoms. The van der Waals surface area contributed by atoms with E-state index in [4.69, 9.17) is 0 Å². The molecule has 0 amide bonds. The molecule has 3 unspecified atom stereocenters. The predicted molar refractivity (Wildman–Crippen MR) is 78.7 cm³/mol. The van der Waals surface area contributed by atoms with E-state index in [0.29, 0.717) is 5.41 Å². The van der Waals surface area contributed by atoms with Gasteiger partial charge in [-0.1, -0.05) is 40.0 Å². The maximum absolute atomic E-state index is 4.03. The summed E-state index contributed by atoms with van der Waals surface area (Å²) in [4.78, 5) is 0. The van der Waals surface area contributed by atoms with Gasteiger partial charge in [-0.15, -0.1) is 0 Å². The Morgan fingerprint density at radius 3 is 2.71 bits per heavy atom. The van der Waals surface area contributed by atoms with Gasteiger partial charge in [-0.3, -0.25) is 0 Å². The molecule has 2 fully saturated rings. The van der Waals surface area contributed by atoms with Crippen molar-refractivity contribution in [3.8, 4) is 0 Å². The van der Waals surface area contributed by atoms with E-state index in [2.05, 4.69) is 37.8 Å². The van der Waals surface area contributed by atoms with Crippen LogP contribution in [0.2, 0.25) is 0 Å². The van der Waals surface area contributed by atoms with E-state index < -0.39 is 0 Å². The molecule has 100 valence electrons. The summed E-state index contributed by atoms with van der Waals surface area (Å²) in [5.41, 5.74) is 0.501. The van der Waals surface area contributed by atoms with Crippen LogP contribution in [0.5, 0.6) is 0 Å². The van der Waals surface area contributed by atoms with Crippen LogP contribution in [-0.2, 0) is 0 Å². The number of thioether (sulfide) groups is 1. The Morgan fingerprint density at radius 2 is 2.00 bits per heavy atom. The van der Waals surface area contributed by atoms with Crippen molar-refractivity contribution in [1.82, 2.24) is 5.32 Å². The van der Waals surface area contributed by atoms with Crippen molar-refractivity contribution in [2.45, 2.75) is 71.4 Å². The highest BCUT2D eigenvalue weighted by Crippen LogP contribution is 2.36. The molecule has 1 heterocycles. The van der Waals surface area contributed by atoms with Gasteiger partial charge >= 0.3 is 0 Å². The maximum Gasteiger partial charge on any atom is 0.0212 e. The topological polar surface area (TPSA) is 12.0 Å². The van der Waals surface area contributed by atoms with Crippen LogP contribution in [-0.4, -0.2) is 23.6 Å². The standard InChI is InChI=1S/C15H29NS/c1-4-12-7-5-6-8-13(12)16-14-11-17-10-9-15(14,2)3/h12-14,16H,4-11H2,1-3H3. The predicted octanol–water partition coefficient (Wildman–Crippen LogP) is 4.08. The van der Waals surface area contributed by atoms with Gasteiger partial charge in [-0.2, -0.15) is 11.8 Å². The van der Waals surface area contributed by atoms with Crippen molar-refractivity contribution in [3.63, 3.8) is 0 Å². The number of hydrogen-bond acceptors (Lipinski definition) is 2. The first-order valence-electron chi connectivity index (χ1n) is 7.47. The van der Waals surface area contributed by atoms with Crippen LogP contribution in [0.3, 0.4) is 0 Å². The van der Waals surface area contributed by atoms with Gasteiger partial charge in [0.25, 0.3) is 0 Å². The first-order chi connectivity index (χ1) is 8.13. The van der Waals surface area contributed by atoms with Crippen molar-refractivity contribution in [1.29, 1.82) is 0 Å². The summed E-state index contributed by atoms with van der Waals surface area (Å²) < 4.78 is 0. The summed E-state index contributed by atoms with van der Waals surface area (Å²) in [5, 5.41) is 4.03. The molecule has 1 aliphatic carbocycles. The fraction of sp³-hybridized carbons (Fsp3) is 1.00. The smallest absolute Gasteiger partial charge is 0.0212 e. The third kappa shape index (κ3) is 3.41. The quantitative estimate of drug-likeness (QED) is 0.815. The summed E-state index contributed by atoms with van der Waals surface area (Å²) in [6.07, 6.45) is 8.50. The summed E-state index contributed by atoms with van der Waals surface area (Å²) in [6, 6.07) is 1.54. The zero-order chi connectivity index (χ0) is 12.3. The molecule has 0 aromatic carbocycles. The molecule has 0 radical (unpaired) electrons. The average Bonchev–Trinajstić information content (AvgIpc) is 2.32. The lowest BCUT2D eigenvalue weighted by molar-refractivity contribution is 0.174. The molecule has 0 bridgehead atoms. The molecular formula is C15H29NS. The van der Waals surface area contributed by atoms with Gasteiger partial charge in [0.2, 0.25) is 0 Å². The van der Waals surface area contributed by atoms with Gasteiger partial charge in [-0.05, 0) is 36.3 Å². The van der Waals surface area contributed by atoms with E-state index in [1.54, 1.807) is 0 Å². The Labute approximate surface area is 112 Å². The Balaban J connectivity index is 1.93. The minimum atomic E-state index is 0.501. The molecule has 1 nitrogen and oxygen atoms in total. The molecule has 0 aromatic rings. The largest absolute Gasteiger partial charge is 0.310 e. The molecule has 2 rings (SSSR count). The van der Waals surface area contributed by atoms with Crippen LogP contribution in [0, 0.1) is 11.3 Å². The van der Waals surface area contributed by atoms with E-state index in [9.17, 15) is 0 Å². The molecule has 1 saturated heterocycles. The Morgan fingerprint density at radius 1 is 1.24 bits per heavy atom. The van der Waals surface area contributed by atoms with Crippen LogP contribution in [0.1, 0.15) is 59.3 Å². The summed E-state index contributed by atoms with van der Waals surface area (Å²) in [6.45, 7) is 7.27. The monoisotopic (exact) mass is 255 g/mol. The van der Waals surface area contributed by atoms with Crippen molar-refractivity contribution in [3.05, 3.63) is 0 Å². The van der Waals surface area contributed by atoms with Gasteiger partial charge in [-0.25, -0.2) is 0 Å². The zero-order valence-electron chi connectivity index (χ0n) is 11.8. The van der Waals surface area contributed by atoms with E-state index in [-0.39, 0.29) is 0 Å². The summed E-state index contributed by atoms with van der Waals surface area (Å²) >= 11 is 2.14. The molecule has 0 aromatic heterocycles. The van der Waals surface area contributed by atoms with Gasteiger partial charge in [0.05, 0.1) is 0 Å². The molecule has 0 spiro atoms. The van der Waals surface area contributed by atoms with E-state index in [0.717, 1.165) is 18.0 Å². The first-order valence-corrected chi connectivity index (χ1v) is 8.63. The highest BCUT2D eigenvalue weighted by Gasteiger charge is 2.35. The van der Waals surface area contributed by atoms with Crippen LogP contribution in [0.4, 0.5) is 0 Å². The highest BCUT2D eigenvalue weighted by atomic mass is 32.2. The second-order valence-corrected chi connectivity index (χ2v) is 7.74. The Kier molecular flexibility index (Phi) is 4.82. The fourth-order valence-electron chi connectivity index (χ4n) is 3.38. The second-order valence-electron chi connectivity index (χ2n) is 6.59. The lowest BCUT2D eigenvalue weighted by Gasteiger charge is -2.43. The normalized spacial score (nSPS) is 37.9. The number of nitrogens with one attached hydrogen (secondary N) is 1. The third-order valence-corrected chi connectivity index (χ3v) is 6.03. The van der Waals surface area contributed by atoms with Crippen LogP contribution < -0.4 is 5.32 Å². The van der Waals surface area contributed by atoms with Crippen molar-refractivity contribution in [2.24, 2.45) is 11.3 Å². The molecule has 2 aliphatic rings. The molecule has 2 heteroatoms. The van der Waals surface area contributed by atoms with Crippen molar-refractivity contribution < 1.29 is 0 Å². The molecule has 3 atom stereocenters. The SMILES string of the molecule is CCC1CCCCC1NC1CSCCC1(C)C. The Hall–Kier alpha value is 0.310. The van der Waals surface area contributed by atoms with Crippen molar-refractivity contribution >= 4 is 11.8 Å². The van der Waals surface area contributed by atoms with Crippen LogP contribution in [0.25, 0.3) is 0 Å². The summed E-state index contributed by atoms with van der Waals surface area (Å²) in [7, 11) is 0. The molecule has 1 aliphatic heterocycles. The van der Waals surface area contributed by atoms with Crippen molar-refractivity contribution in [2.75, 3.05) is 11.5 Å². The fourth-order valence-corrected chi connectivity index (χ4v) is 5.00. The molecular weight excluding hydrogens is 226 g/mol. The summed E-state index contributed by atoms with van der Waals surface area (Å²) in [5.74, 6) is 3.61. The zero-order valence-corrected chi connectivity index (χ0v) is 12.6. The number of hydrogen-bond donors (Lipinski definition) is 1. The van der Waals surface area contributed by atoms with E-state index >= 15 is 0 Å². The first kappa shape index (κ1) is 13.7. The van der Waals surface area contributed by atoms with Gasteiger partial charge < -0.3 is 5.32 Å². The van der Waals surface area contributed by atoms with Crippen LogP contribution >= 0.6 is 11.8 Å². The Bertz CT molecular complexity index is 239. The third-order valence-electron chi connectivity index (χ3n) is 4.97.